The fraction of sp³-hybridized carbons (Fsp3) is 0.404. The lowest BCUT2D eigenvalue weighted by Crippen LogP contribution is -2.64. The molecule has 19 heteroatoms. The molecule has 0 radical (unpaired) electrons. The van der Waals surface area contributed by atoms with Crippen molar-refractivity contribution in [2.45, 2.75) is 102 Å². The van der Waals surface area contributed by atoms with Crippen LogP contribution in [0.4, 0.5) is 0 Å². The first-order chi connectivity index (χ1) is 34.1. The van der Waals surface area contributed by atoms with Gasteiger partial charge in [-0.1, -0.05) is 79.7 Å². The highest BCUT2D eigenvalue weighted by molar-refractivity contribution is 7.99. The standard InChI is InChI=1S/C52H56O18S/c1-6-71-50-42(70-51(60)52(4,5)27-28-61-31(2)53)39(55)40(64-32(3)54)37(66-50)30-63-49-44(69-48(59)36-25-17-10-18-26-36)43(68-47(58)35-23-15-9-16-24-35)41(67-46(57)34-21-13-8-14-22-34)38(65-49)29-62-45(56)33-19-11-7-12-20-33/h7-26,37-44,49-50,55H,6,27-30H2,1-5H3/t37?,38?,39-,40-,41-,42?,43-,44?,49+,50-/m0/s1. The van der Waals surface area contributed by atoms with Crippen molar-refractivity contribution in [1.82, 2.24) is 0 Å². The quantitative estimate of drug-likeness (QED) is 0.0799. The molecular weight excluding hydrogens is 945 g/mol. The number of carbonyl (C=O) groups excluding carboxylic acids is 7. The molecule has 378 valence electrons. The van der Waals surface area contributed by atoms with E-state index < -0.39 is 121 Å². The number of aliphatic hydroxyl groups excluding tert-OH is 1. The van der Waals surface area contributed by atoms with Crippen LogP contribution in [0.1, 0.15) is 82.5 Å². The van der Waals surface area contributed by atoms with E-state index in [0.29, 0.717) is 5.75 Å². The molecule has 10 atom stereocenters. The average molecular weight is 1000 g/mol. The van der Waals surface area contributed by atoms with Crippen molar-refractivity contribution in [3.05, 3.63) is 144 Å². The normalized spacial score (nSPS) is 24.0. The number of thioether (sulfide) groups is 1. The Balaban J connectivity index is 1.38. The zero-order chi connectivity index (χ0) is 51.1. The topological polar surface area (TPSA) is 232 Å². The minimum atomic E-state index is -1.77. The van der Waals surface area contributed by atoms with Gasteiger partial charge in [0.15, 0.2) is 36.8 Å². The van der Waals surface area contributed by atoms with E-state index in [9.17, 15) is 38.7 Å². The molecule has 0 saturated carbocycles. The molecule has 2 aliphatic heterocycles. The first kappa shape index (κ1) is 53.7. The van der Waals surface area contributed by atoms with E-state index in [1.807, 2.05) is 0 Å². The molecule has 2 aliphatic rings. The second-order valence-corrected chi connectivity index (χ2v) is 18.3. The van der Waals surface area contributed by atoms with Crippen molar-refractivity contribution in [1.29, 1.82) is 0 Å². The number of benzene rings is 4. The van der Waals surface area contributed by atoms with Crippen molar-refractivity contribution >= 4 is 53.5 Å². The van der Waals surface area contributed by atoms with Gasteiger partial charge in [0.05, 0.1) is 40.9 Å². The summed E-state index contributed by atoms with van der Waals surface area (Å²) in [5.74, 6) is -5.27. The zero-order valence-corrected chi connectivity index (χ0v) is 40.5. The highest BCUT2D eigenvalue weighted by Crippen LogP contribution is 2.37. The van der Waals surface area contributed by atoms with Crippen molar-refractivity contribution in [2.75, 3.05) is 25.6 Å². The van der Waals surface area contributed by atoms with Gasteiger partial charge in [0.25, 0.3) is 0 Å². The maximum atomic E-state index is 14.1. The molecule has 0 amide bonds. The van der Waals surface area contributed by atoms with Gasteiger partial charge in [-0.15, -0.1) is 11.8 Å². The van der Waals surface area contributed by atoms with Gasteiger partial charge in [-0.05, 0) is 74.6 Å². The molecular formula is C52H56O18S. The van der Waals surface area contributed by atoms with Gasteiger partial charge in [0.1, 0.15) is 30.4 Å². The first-order valence-corrected chi connectivity index (χ1v) is 23.8. The van der Waals surface area contributed by atoms with E-state index in [0.717, 1.165) is 6.92 Å². The van der Waals surface area contributed by atoms with Gasteiger partial charge in [-0.3, -0.25) is 14.4 Å². The van der Waals surface area contributed by atoms with Gasteiger partial charge < -0.3 is 52.5 Å². The Morgan fingerprint density at radius 2 is 1.00 bits per heavy atom. The van der Waals surface area contributed by atoms with Crippen molar-refractivity contribution in [2.24, 2.45) is 5.41 Å². The molecule has 0 bridgehead atoms. The van der Waals surface area contributed by atoms with E-state index in [1.165, 1.54) is 67.2 Å². The van der Waals surface area contributed by atoms with Crippen LogP contribution in [-0.4, -0.2) is 133 Å². The van der Waals surface area contributed by atoms with Gasteiger partial charge in [-0.2, -0.15) is 0 Å². The van der Waals surface area contributed by atoms with Crippen LogP contribution < -0.4 is 0 Å². The monoisotopic (exact) mass is 1000 g/mol. The minimum Gasteiger partial charge on any atom is -0.466 e. The Morgan fingerprint density at radius 1 is 0.535 bits per heavy atom. The smallest absolute Gasteiger partial charge is 0.338 e. The molecule has 6 rings (SSSR count). The summed E-state index contributed by atoms with van der Waals surface area (Å²) in [5.41, 5.74) is -1.86. The Labute approximate surface area is 414 Å². The molecule has 71 heavy (non-hydrogen) atoms. The zero-order valence-electron chi connectivity index (χ0n) is 39.7. The summed E-state index contributed by atoms with van der Waals surface area (Å²) in [5, 5.41) is 11.9. The average Bonchev–Trinajstić information content (AvgIpc) is 3.36. The number of ether oxygens (including phenoxy) is 10. The van der Waals surface area contributed by atoms with Crippen LogP contribution in [0.3, 0.4) is 0 Å². The first-order valence-electron chi connectivity index (χ1n) is 22.8. The third-order valence-electron chi connectivity index (χ3n) is 11.2. The summed E-state index contributed by atoms with van der Waals surface area (Å²) >= 11 is 1.17. The Bertz CT molecular complexity index is 2420. The molecule has 0 spiro atoms. The van der Waals surface area contributed by atoms with Gasteiger partial charge in [0, 0.05) is 13.8 Å². The molecule has 4 aromatic carbocycles. The van der Waals surface area contributed by atoms with E-state index in [4.69, 9.17) is 47.4 Å². The minimum absolute atomic E-state index is 0.0689. The Morgan fingerprint density at radius 3 is 1.48 bits per heavy atom. The lowest BCUT2D eigenvalue weighted by Gasteiger charge is -2.46. The molecule has 2 saturated heterocycles. The van der Waals surface area contributed by atoms with Gasteiger partial charge in [-0.25, -0.2) is 19.2 Å². The molecule has 2 heterocycles. The molecule has 2 fully saturated rings. The van der Waals surface area contributed by atoms with Crippen LogP contribution in [0, 0.1) is 5.41 Å². The van der Waals surface area contributed by atoms with Crippen LogP contribution in [0.25, 0.3) is 0 Å². The summed E-state index contributed by atoms with van der Waals surface area (Å²) in [6.07, 6.45) is -14.4. The number of esters is 7. The number of carbonyl (C=O) groups is 7. The maximum Gasteiger partial charge on any atom is 0.338 e. The summed E-state index contributed by atoms with van der Waals surface area (Å²) in [6.45, 7) is 5.99. The summed E-state index contributed by atoms with van der Waals surface area (Å²) in [6, 6.07) is 31.5. The fourth-order valence-corrected chi connectivity index (χ4v) is 8.43. The maximum absolute atomic E-state index is 14.1. The largest absolute Gasteiger partial charge is 0.466 e. The van der Waals surface area contributed by atoms with Crippen molar-refractivity contribution in [3.8, 4) is 0 Å². The van der Waals surface area contributed by atoms with Crippen LogP contribution >= 0.6 is 11.8 Å². The second kappa shape index (κ2) is 25.5. The molecule has 1 N–H and O–H groups in total. The van der Waals surface area contributed by atoms with E-state index >= 15 is 0 Å². The second-order valence-electron chi connectivity index (χ2n) is 17.0. The van der Waals surface area contributed by atoms with E-state index in [-0.39, 0.29) is 35.3 Å². The van der Waals surface area contributed by atoms with E-state index in [2.05, 4.69) is 0 Å². The number of rotatable bonds is 20. The lowest BCUT2D eigenvalue weighted by molar-refractivity contribution is -0.310. The van der Waals surface area contributed by atoms with Crippen LogP contribution in [0.15, 0.2) is 121 Å². The predicted octanol–water partition coefficient (Wildman–Crippen LogP) is 5.92. The Kier molecular flexibility index (Phi) is 19.3. The molecule has 4 aromatic rings. The summed E-state index contributed by atoms with van der Waals surface area (Å²) in [7, 11) is 0. The predicted molar refractivity (Wildman–Crippen MR) is 252 cm³/mol. The van der Waals surface area contributed by atoms with Crippen LogP contribution in [-0.2, 0) is 61.8 Å². The lowest BCUT2D eigenvalue weighted by atomic mass is 9.89. The SMILES string of the molecule is CCS[C@@H]1OC(CO[C@@H]2OC(COC(=O)c3ccccc3)[C@H](OC(=O)c3ccccc3)[C@H](OC(=O)c3ccccc3)C2OC(=O)c2ccccc2)[C@H](OC(C)=O)[C@H](O)C1OC(=O)C(C)(C)CCOC(C)=O. The van der Waals surface area contributed by atoms with Crippen LogP contribution in [0.5, 0.6) is 0 Å². The van der Waals surface area contributed by atoms with Crippen LogP contribution in [0.2, 0.25) is 0 Å². The third-order valence-corrected chi connectivity index (χ3v) is 12.3. The highest BCUT2D eigenvalue weighted by atomic mass is 32.2. The molecule has 0 aromatic heterocycles. The summed E-state index contributed by atoms with van der Waals surface area (Å²) in [4.78, 5) is 93.2. The van der Waals surface area contributed by atoms with Crippen molar-refractivity contribution in [3.63, 3.8) is 0 Å². The number of aliphatic hydroxyl groups is 1. The highest BCUT2D eigenvalue weighted by Gasteiger charge is 2.55. The third kappa shape index (κ3) is 14.7. The van der Waals surface area contributed by atoms with E-state index in [1.54, 1.807) is 93.6 Å². The van der Waals surface area contributed by atoms with Gasteiger partial charge >= 0.3 is 41.8 Å². The Hall–Kier alpha value is -6.64. The molecule has 0 aliphatic carbocycles. The summed E-state index contributed by atoms with van der Waals surface area (Å²) < 4.78 is 59.9. The van der Waals surface area contributed by atoms with Gasteiger partial charge in [0.2, 0.25) is 0 Å². The van der Waals surface area contributed by atoms with Crippen molar-refractivity contribution < 1.29 is 86.0 Å². The number of hydrogen-bond acceptors (Lipinski definition) is 19. The fourth-order valence-electron chi connectivity index (χ4n) is 7.48. The molecule has 18 nitrogen and oxygen atoms in total. The number of hydrogen-bond donors (Lipinski definition) is 1. The molecule has 4 unspecified atom stereocenters.